The number of nitrogens with one attached hydrogen (secondary N) is 2. The minimum absolute atomic E-state index is 0.119. The molecule has 7 nitrogen and oxygen atoms in total. The molecular weight excluding hydrogens is 382 g/mol. The second-order valence-electron chi connectivity index (χ2n) is 7.78. The highest BCUT2D eigenvalue weighted by Crippen LogP contribution is 2.37. The average molecular weight is 409 g/mol. The fourth-order valence-electron chi connectivity index (χ4n) is 4.05. The van der Waals surface area contributed by atoms with E-state index in [1.54, 1.807) is 0 Å². The molecule has 0 unspecified atom stereocenters. The van der Waals surface area contributed by atoms with Crippen LogP contribution in [0.4, 0.5) is 10.5 Å². The van der Waals surface area contributed by atoms with Crippen LogP contribution in [-0.4, -0.2) is 43.1 Å². The number of nitrogens with zero attached hydrogens (tertiary/aromatic N) is 1. The van der Waals surface area contributed by atoms with Gasteiger partial charge >= 0.3 is 6.03 Å². The summed E-state index contributed by atoms with van der Waals surface area (Å²) in [6, 6.07) is 11.3. The van der Waals surface area contributed by atoms with E-state index in [9.17, 15) is 9.59 Å². The maximum absolute atomic E-state index is 12.5. The van der Waals surface area contributed by atoms with E-state index < -0.39 is 6.03 Å². The van der Waals surface area contributed by atoms with Gasteiger partial charge in [-0.05, 0) is 68.1 Å². The van der Waals surface area contributed by atoms with E-state index in [0.29, 0.717) is 18.9 Å². The van der Waals surface area contributed by atoms with Gasteiger partial charge in [0.05, 0.1) is 6.54 Å². The Hall–Kier alpha value is -3.06. The first-order valence-corrected chi connectivity index (χ1v) is 10.3. The number of benzene rings is 2. The third-order valence-corrected chi connectivity index (χ3v) is 5.77. The lowest BCUT2D eigenvalue weighted by Crippen LogP contribution is -2.41. The number of rotatable bonds is 4. The van der Waals surface area contributed by atoms with Crippen LogP contribution in [-0.2, 0) is 4.79 Å². The van der Waals surface area contributed by atoms with Crippen molar-refractivity contribution in [2.24, 2.45) is 0 Å². The molecule has 30 heavy (non-hydrogen) atoms. The van der Waals surface area contributed by atoms with Gasteiger partial charge in [0.2, 0.25) is 5.91 Å². The molecule has 0 saturated carbocycles. The molecule has 2 N–H and O–H groups in total. The zero-order chi connectivity index (χ0) is 21.1. The standard InChI is InChI=1S/C23H27N3O4/c1-15-5-3-6-18(16(15)2)24-23(28)25-22(27)14-26-10-4-7-19(26)17-8-9-20-21(13-17)30-12-11-29-20/h3,5-6,8-9,13,19H,4,7,10-12,14H2,1-2H3,(H2,24,25,27,28)/t19-/m0/s1. The van der Waals surface area contributed by atoms with Gasteiger partial charge in [0.25, 0.3) is 0 Å². The number of fused-ring (bicyclic) bond motifs is 1. The summed E-state index contributed by atoms with van der Waals surface area (Å²) in [7, 11) is 0. The number of aryl methyl sites for hydroxylation is 1. The second kappa shape index (κ2) is 8.75. The van der Waals surface area contributed by atoms with Crippen LogP contribution in [0.15, 0.2) is 36.4 Å². The topological polar surface area (TPSA) is 79.9 Å². The number of likely N-dealkylation sites (tertiary alicyclic amines) is 1. The third kappa shape index (κ3) is 4.41. The fraction of sp³-hybridized carbons (Fsp3) is 0.391. The normalized spacial score (nSPS) is 18.1. The molecule has 2 aliphatic heterocycles. The van der Waals surface area contributed by atoms with Crippen molar-refractivity contribution in [1.82, 2.24) is 10.2 Å². The van der Waals surface area contributed by atoms with Crippen molar-refractivity contribution in [2.75, 3.05) is 31.6 Å². The van der Waals surface area contributed by atoms with Crippen LogP contribution in [0.2, 0.25) is 0 Å². The van der Waals surface area contributed by atoms with Crippen LogP contribution in [0.1, 0.15) is 35.6 Å². The van der Waals surface area contributed by atoms with Gasteiger partial charge in [-0.15, -0.1) is 0 Å². The molecule has 1 saturated heterocycles. The predicted octanol–water partition coefficient (Wildman–Crippen LogP) is 3.56. The van der Waals surface area contributed by atoms with Gasteiger partial charge in [-0.1, -0.05) is 18.2 Å². The molecule has 2 aliphatic rings. The SMILES string of the molecule is Cc1cccc(NC(=O)NC(=O)CN2CCC[C@H]2c2ccc3c(c2)OCCO3)c1C. The zero-order valence-corrected chi connectivity index (χ0v) is 17.4. The molecule has 0 spiro atoms. The molecule has 4 rings (SSSR count). The van der Waals surface area contributed by atoms with E-state index in [0.717, 1.165) is 47.6 Å². The summed E-state index contributed by atoms with van der Waals surface area (Å²) in [5.41, 5.74) is 3.87. The van der Waals surface area contributed by atoms with Gasteiger partial charge in [0, 0.05) is 11.7 Å². The molecule has 1 fully saturated rings. The number of carbonyl (C=O) groups is 2. The van der Waals surface area contributed by atoms with Gasteiger partial charge in [-0.3, -0.25) is 15.0 Å². The van der Waals surface area contributed by atoms with Crippen LogP contribution < -0.4 is 20.1 Å². The molecule has 1 atom stereocenters. The number of ether oxygens (including phenoxy) is 2. The minimum atomic E-state index is -0.510. The van der Waals surface area contributed by atoms with E-state index in [1.807, 2.05) is 50.2 Å². The summed E-state index contributed by atoms with van der Waals surface area (Å²) >= 11 is 0. The first-order chi connectivity index (χ1) is 14.5. The largest absolute Gasteiger partial charge is 0.486 e. The van der Waals surface area contributed by atoms with Crippen molar-refractivity contribution in [1.29, 1.82) is 0 Å². The van der Waals surface area contributed by atoms with Crippen molar-refractivity contribution in [3.8, 4) is 11.5 Å². The van der Waals surface area contributed by atoms with Crippen LogP contribution in [0.3, 0.4) is 0 Å². The number of imide groups is 1. The lowest BCUT2D eigenvalue weighted by atomic mass is 10.0. The lowest BCUT2D eigenvalue weighted by molar-refractivity contribution is -0.121. The average Bonchev–Trinajstić information content (AvgIpc) is 3.19. The second-order valence-corrected chi connectivity index (χ2v) is 7.78. The van der Waals surface area contributed by atoms with Crippen molar-refractivity contribution >= 4 is 17.6 Å². The molecule has 2 aromatic carbocycles. The molecule has 7 heteroatoms. The van der Waals surface area contributed by atoms with E-state index in [2.05, 4.69) is 15.5 Å². The summed E-state index contributed by atoms with van der Waals surface area (Å²) in [4.78, 5) is 26.9. The van der Waals surface area contributed by atoms with Crippen LogP contribution in [0, 0.1) is 13.8 Å². The Balaban J connectivity index is 1.36. The van der Waals surface area contributed by atoms with E-state index >= 15 is 0 Å². The Morgan fingerprint density at radius 3 is 2.73 bits per heavy atom. The minimum Gasteiger partial charge on any atom is -0.486 e. The first-order valence-electron chi connectivity index (χ1n) is 10.3. The number of carbonyl (C=O) groups excluding carboxylic acids is 2. The predicted molar refractivity (Wildman–Crippen MR) is 114 cm³/mol. The maximum atomic E-state index is 12.5. The molecule has 0 aromatic heterocycles. The number of hydrogen-bond acceptors (Lipinski definition) is 5. The monoisotopic (exact) mass is 409 g/mol. The summed E-state index contributed by atoms with van der Waals surface area (Å²) in [5, 5.41) is 5.21. The zero-order valence-electron chi connectivity index (χ0n) is 17.4. The Labute approximate surface area is 176 Å². The van der Waals surface area contributed by atoms with Gasteiger partial charge in [0.15, 0.2) is 11.5 Å². The summed E-state index contributed by atoms with van der Waals surface area (Å²) < 4.78 is 11.3. The fourth-order valence-corrected chi connectivity index (χ4v) is 4.05. The van der Waals surface area contributed by atoms with Gasteiger partial charge in [-0.2, -0.15) is 0 Å². The lowest BCUT2D eigenvalue weighted by Gasteiger charge is -2.26. The Morgan fingerprint density at radius 1 is 1.10 bits per heavy atom. The summed E-state index contributed by atoms with van der Waals surface area (Å²) in [6.45, 7) is 6.00. The molecule has 3 amide bonds. The Bertz CT molecular complexity index is 959. The highest BCUT2D eigenvalue weighted by Gasteiger charge is 2.29. The van der Waals surface area contributed by atoms with Crippen molar-refractivity contribution in [2.45, 2.75) is 32.7 Å². The molecule has 2 aromatic rings. The molecule has 0 bridgehead atoms. The van der Waals surface area contributed by atoms with Crippen LogP contribution in [0.5, 0.6) is 11.5 Å². The molecular formula is C23H27N3O4. The quantitative estimate of drug-likeness (QED) is 0.807. The molecule has 158 valence electrons. The number of amides is 3. The van der Waals surface area contributed by atoms with Crippen LogP contribution in [0.25, 0.3) is 0 Å². The Kier molecular flexibility index (Phi) is 5.90. The highest BCUT2D eigenvalue weighted by molar-refractivity contribution is 6.02. The molecule has 0 radical (unpaired) electrons. The Morgan fingerprint density at radius 2 is 1.90 bits per heavy atom. The number of anilines is 1. The number of urea groups is 1. The van der Waals surface area contributed by atoms with Crippen molar-refractivity contribution in [3.63, 3.8) is 0 Å². The van der Waals surface area contributed by atoms with E-state index in [4.69, 9.17) is 9.47 Å². The van der Waals surface area contributed by atoms with Crippen LogP contribution >= 0.6 is 0 Å². The molecule has 2 heterocycles. The number of hydrogen-bond donors (Lipinski definition) is 2. The van der Waals surface area contributed by atoms with Gasteiger partial charge < -0.3 is 14.8 Å². The smallest absolute Gasteiger partial charge is 0.325 e. The summed E-state index contributed by atoms with van der Waals surface area (Å²) in [6.07, 6.45) is 1.96. The molecule has 0 aliphatic carbocycles. The first kappa shape index (κ1) is 20.2. The summed E-state index contributed by atoms with van der Waals surface area (Å²) in [5.74, 6) is 1.20. The third-order valence-electron chi connectivity index (χ3n) is 5.77. The van der Waals surface area contributed by atoms with Gasteiger partial charge in [-0.25, -0.2) is 4.79 Å². The highest BCUT2D eigenvalue weighted by atomic mass is 16.6. The van der Waals surface area contributed by atoms with E-state index in [-0.39, 0.29) is 18.5 Å². The maximum Gasteiger partial charge on any atom is 0.325 e. The van der Waals surface area contributed by atoms with Gasteiger partial charge in [0.1, 0.15) is 13.2 Å². The van der Waals surface area contributed by atoms with Crippen molar-refractivity contribution < 1.29 is 19.1 Å². The van der Waals surface area contributed by atoms with Crippen molar-refractivity contribution in [3.05, 3.63) is 53.1 Å². The van der Waals surface area contributed by atoms with E-state index in [1.165, 1.54) is 0 Å².